The Bertz CT molecular complexity index is 879. The van der Waals surface area contributed by atoms with Gasteiger partial charge in [-0.15, -0.1) is 0 Å². The predicted molar refractivity (Wildman–Crippen MR) is 77.9 cm³/mol. The van der Waals surface area contributed by atoms with Gasteiger partial charge < -0.3 is 14.6 Å². The summed E-state index contributed by atoms with van der Waals surface area (Å²) in [5.41, 5.74) is -1.05. The molecule has 0 saturated heterocycles. The highest BCUT2D eigenvalue weighted by Gasteiger charge is 2.58. The number of rotatable bonds is 3. The Kier molecular flexibility index (Phi) is 4.05. The van der Waals surface area contributed by atoms with Crippen LogP contribution in [0.15, 0.2) is 30.3 Å². The van der Waals surface area contributed by atoms with E-state index in [1.165, 1.54) is 25.3 Å². The fourth-order valence-corrected chi connectivity index (χ4v) is 2.74. The van der Waals surface area contributed by atoms with Crippen molar-refractivity contribution in [3.63, 3.8) is 0 Å². The molecule has 4 nitrogen and oxygen atoms in total. The van der Waals surface area contributed by atoms with Gasteiger partial charge in [-0.1, -0.05) is 0 Å². The molecule has 0 saturated carbocycles. The summed E-state index contributed by atoms with van der Waals surface area (Å²) >= 11 is 0. The first-order valence-electron chi connectivity index (χ1n) is 7.09. The zero-order chi connectivity index (χ0) is 18.4. The van der Waals surface area contributed by atoms with E-state index in [0.717, 1.165) is 12.1 Å². The molecule has 2 atom stereocenters. The molecular formula is C17H11F4NO3. The SMILES string of the molecule is COc1ccc(Oc2cc(F)cc(C#N)c2)c2c1[C@@H](O)C(F)(F)[C@@H]2F. The Hall–Kier alpha value is -2.79. The van der Waals surface area contributed by atoms with Crippen LogP contribution in [0.4, 0.5) is 17.6 Å². The Morgan fingerprint density at radius 2 is 1.84 bits per heavy atom. The van der Waals surface area contributed by atoms with Crippen LogP contribution in [0.3, 0.4) is 0 Å². The van der Waals surface area contributed by atoms with Crippen LogP contribution in [0, 0.1) is 17.1 Å². The highest BCUT2D eigenvalue weighted by Crippen LogP contribution is 2.58. The van der Waals surface area contributed by atoms with Crippen molar-refractivity contribution in [2.75, 3.05) is 7.11 Å². The van der Waals surface area contributed by atoms with Crippen molar-refractivity contribution in [3.8, 4) is 23.3 Å². The molecule has 0 aliphatic heterocycles. The van der Waals surface area contributed by atoms with Gasteiger partial charge in [-0.2, -0.15) is 14.0 Å². The summed E-state index contributed by atoms with van der Waals surface area (Å²) in [6.07, 6.45) is -5.23. The van der Waals surface area contributed by atoms with Crippen molar-refractivity contribution in [3.05, 3.63) is 52.8 Å². The van der Waals surface area contributed by atoms with E-state index < -0.39 is 35.1 Å². The van der Waals surface area contributed by atoms with E-state index in [2.05, 4.69) is 0 Å². The molecule has 0 fully saturated rings. The average Bonchev–Trinajstić information content (AvgIpc) is 2.76. The average molecular weight is 353 g/mol. The normalized spacial score (nSPS) is 20.7. The molecule has 1 aliphatic rings. The number of methoxy groups -OCH3 is 1. The number of aliphatic hydroxyl groups is 1. The summed E-state index contributed by atoms with van der Waals surface area (Å²) in [6, 6.07) is 7.19. The lowest BCUT2D eigenvalue weighted by Gasteiger charge is -2.16. The third-order valence-electron chi connectivity index (χ3n) is 3.88. The Morgan fingerprint density at radius 1 is 1.16 bits per heavy atom. The number of halogens is 4. The summed E-state index contributed by atoms with van der Waals surface area (Å²) < 4.78 is 65.8. The van der Waals surface area contributed by atoms with Crippen LogP contribution in [0.1, 0.15) is 29.0 Å². The number of aliphatic hydroxyl groups excluding tert-OH is 1. The third kappa shape index (κ3) is 2.66. The number of nitrogens with zero attached hydrogens (tertiary/aromatic N) is 1. The van der Waals surface area contributed by atoms with Gasteiger partial charge >= 0.3 is 5.92 Å². The monoisotopic (exact) mass is 353 g/mol. The van der Waals surface area contributed by atoms with Crippen LogP contribution >= 0.6 is 0 Å². The number of nitriles is 1. The number of hydrogen-bond donors (Lipinski definition) is 1. The predicted octanol–water partition coefficient (Wildman–Crippen LogP) is 4.19. The molecule has 0 heterocycles. The highest BCUT2D eigenvalue weighted by molar-refractivity contribution is 5.57. The largest absolute Gasteiger partial charge is 0.496 e. The second kappa shape index (κ2) is 5.93. The fourth-order valence-electron chi connectivity index (χ4n) is 2.74. The number of benzene rings is 2. The maximum Gasteiger partial charge on any atom is 0.312 e. The van der Waals surface area contributed by atoms with E-state index in [9.17, 15) is 22.7 Å². The van der Waals surface area contributed by atoms with Crippen LogP contribution in [0.25, 0.3) is 0 Å². The molecule has 0 aromatic heterocycles. The minimum atomic E-state index is -4.06. The number of alkyl halides is 3. The molecule has 0 spiro atoms. The van der Waals surface area contributed by atoms with Gasteiger partial charge in [0.25, 0.3) is 0 Å². The van der Waals surface area contributed by atoms with Gasteiger partial charge in [-0.05, 0) is 24.3 Å². The van der Waals surface area contributed by atoms with Crippen molar-refractivity contribution in [1.82, 2.24) is 0 Å². The molecule has 2 aromatic carbocycles. The van der Waals surface area contributed by atoms with E-state index in [1.54, 1.807) is 6.07 Å². The Labute approximate surface area is 139 Å². The fraction of sp³-hybridized carbons (Fsp3) is 0.235. The first-order chi connectivity index (χ1) is 11.8. The molecule has 3 rings (SSSR count). The van der Waals surface area contributed by atoms with Gasteiger partial charge in [0, 0.05) is 17.2 Å². The molecule has 0 bridgehead atoms. The first-order valence-corrected chi connectivity index (χ1v) is 7.09. The quantitative estimate of drug-likeness (QED) is 0.841. The standard InChI is InChI=1S/C17H11F4NO3/c1-24-11-2-3-12(13-14(11)16(23)17(20,21)15(13)19)25-10-5-8(7-22)4-9(18)6-10/h2-6,15-16,23H,1H3/t15-,16-/m1/s1. The molecular weight excluding hydrogens is 342 g/mol. The molecule has 1 aliphatic carbocycles. The summed E-state index contributed by atoms with van der Waals surface area (Å²) in [5.74, 6) is -5.45. The van der Waals surface area contributed by atoms with Gasteiger partial charge in [0.05, 0.1) is 18.7 Å². The maximum atomic E-state index is 14.3. The van der Waals surface area contributed by atoms with Crippen LogP contribution in [-0.4, -0.2) is 18.1 Å². The van der Waals surface area contributed by atoms with Gasteiger partial charge in [-0.3, -0.25) is 0 Å². The zero-order valence-electron chi connectivity index (χ0n) is 12.8. The van der Waals surface area contributed by atoms with Gasteiger partial charge in [-0.25, -0.2) is 8.78 Å². The van der Waals surface area contributed by atoms with Gasteiger partial charge in [0.1, 0.15) is 29.2 Å². The van der Waals surface area contributed by atoms with Crippen LogP contribution < -0.4 is 9.47 Å². The summed E-state index contributed by atoms with van der Waals surface area (Å²) in [5, 5.41) is 18.6. The molecule has 0 amide bonds. The second-order valence-electron chi connectivity index (χ2n) is 5.42. The van der Waals surface area contributed by atoms with E-state index in [1.807, 2.05) is 0 Å². The van der Waals surface area contributed by atoms with Crippen molar-refractivity contribution in [2.45, 2.75) is 18.2 Å². The molecule has 130 valence electrons. The Balaban J connectivity index is 2.12. The topological polar surface area (TPSA) is 62.5 Å². The lowest BCUT2D eigenvalue weighted by Crippen LogP contribution is -2.24. The van der Waals surface area contributed by atoms with Crippen molar-refractivity contribution in [2.24, 2.45) is 0 Å². The van der Waals surface area contributed by atoms with E-state index >= 15 is 0 Å². The van der Waals surface area contributed by atoms with E-state index in [-0.39, 0.29) is 22.8 Å². The third-order valence-corrected chi connectivity index (χ3v) is 3.88. The number of ether oxygens (including phenoxy) is 2. The molecule has 0 unspecified atom stereocenters. The lowest BCUT2D eigenvalue weighted by atomic mass is 10.1. The molecule has 1 N–H and O–H groups in total. The number of fused-ring (bicyclic) bond motifs is 1. The molecule has 8 heteroatoms. The smallest absolute Gasteiger partial charge is 0.312 e. The van der Waals surface area contributed by atoms with Crippen LogP contribution in [-0.2, 0) is 0 Å². The summed E-state index contributed by atoms with van der Waals surface area (Å²) in [7, 11) is 1.19. The number of hydrogen-bond acceptors (Lipinski definition) is 4. The van der Waals surface area contributed by atoms with Gasteiger partial charge in [0.2, 0.25) is 0 Å². The minimum absolute atomic E-state index is 0.0534. The van der Waals surface area contributed by atoms with Gasteiger partial charge in [0.15, 0.2) is 6.17 Å². The molecule has 0 radical (unpaired) electrons. The summed E-state index contributed by atoms with van der Waals surface area (Å²) in [4.78, 5) is 0. The van der Waals surface area contributed by atoms with Crippen LogP contribution in [0.2, 0.25) is 0 Å². The molecule has 25 heavy (non-hydrogen) atoms. The maximum absolute atomic E-state index is 14.3. The molecule has 2 aromatic rings. The highest BCUT2D eigenvalue weighted by atomic mass is 19.3. The first kappa shape index (κ1) is 17.0. The second-order valence-corrected chi connectivity index (χ2v) is 5.42. The van der Waals surface area contributed by atoms with Crippen LogP contribution in [0.5, 0.6) is 17.2 Å². The van der Waals surface area contributed by atoms with Crippen molar-refractivity contribution >= 4 is 0 Å². The van der Waals surface area contributed by atoms with E-state index in [0.29, 0.717) is 0 Å². The lowest BCUT2D eigenvalue weighted by molar-refractivity contribution is -0.143. The van der Waals surface area contributed by atoms with Crippen molar-refractivity contribution < 1.29 is 32.1 Å². The minimum Gasteiger partial charge on any atom is -0.496 e. The summed E-state index contributed by atoms with van der Waals surface area (Å²) in [6.45, 7) is 0. The van der Waals surface area contributed by atoms with Crippen molar-refractivity contribution in [1.29, 1.82) is 5.26 Å². The van der Waals surface area contributed by atoms with E-state index in [4.69, 9.17) is 14.7 Å². The zero-order valence-corrected chi connectivity index (χ0v) is 12.8. The Morgan fingerprint density at radius 3 is 2.48 bits per heavy atom.